The van der Waals surface area contributed by atoms with Gasteiger partial charge in [-0.3, -0.25) is 9.59 Å². The number of H-pyrrole nitrogens is 1. The zero-order valence-electron chi connectivity index (χ0n) is 15.2. The summed E-state index contributed by atoms with van der Waals surface area (Å²) in [6, 6.07) is 8.23. The molecule has 0 saturated carbocycles. The van der Waals surface area contributed by atoms with Crippen LogP contribution < -0.4 is 10.9 Å². The maximum Gasteiger partial charge on any atom is 0.290 e. The summed E-state index contributed by atoms with van der Waals surface area (Å²) in [6.45, 7) is 2.55. The van der Waals surface area contributed by atoms with E-state index in [1.54, 1.807) is 0 Å². The molecule has 3 N–H and O–H groups in total. The Hall–Kier alpha value is -2.55. The number of fused-ring (bicyclic) bond motifs is 3. The number of nitrogens with one attached hydrogen (secondary N) is 2. The molecule has 28 heavy (non-hydrogen) atoms. The first kappa shape index (κ1) is 18.8. The van der Waals surface area contributed by atoms with Crippen LogP contribution in [0.3, 0.4) is 0 Å². The summed E-state index contributed by atoms with van der Waals surface area (Å²) in [5.41, 5.74) is 3.01. The third kappa shape index (κ3) is 3.34. The highest BCUT2D eigenvalue weighted by Crippen LogP contribution is 2.46. The lowest BCUT2D eigenvalue weighted by Gasteiger charge is -2.40. The molecule has 1 aromatic carbocycles. The van der Waals surface area contributed by atoms with E-state index in [4.69, 9.17) is 14.6 Å². The normalized spacial score (nSPS) is 17.6. The lowest BCUT2D eigenvalue weighted by atomic mass is 9.86. The zero-order chi connectivity index (χ0) is 19.6. The van der Waals surface area contributed by atoms with Crippen molar-refractivity contribution < 1.29 is 14.6 Å². The van der Waals surface area contributed by atoms with Crippen LogP contribution in [-0.2, 0) is 21.6 Å². The highest BCUT2D eigenvalue weighted by atomic mass is 32.1. The smallest absolute Gasteiger partial charge is 0.290 e. The van der Waals surface area contributed by atoms with Gasteiger partial charge in [0.1, 0.15) is 5.60 Å². The lowest BCUT2D eigenvalue weighted by molar-refractivity contribution is -0.122. The number of ether oxygens (including phenoxy) is 1. The fraction of sp³-hybridized carbons (Fsp3) is 0.350. The third-order valence-corrected chi connectivity index (χ3v) is 6.72. The zero-order valence-corrected chi connectivity index (χ0v) is 16.1. The molecule has 0 atom stereocenters. The molecule has 2 aromatic heterocycles. The number of rotatable bonds is 1. The molecule has 0 bridgehead atoms. The fourth-order valence-corrected chi connectivity index (χ4v) is 5.40. The molecular weight excluding hydrogens is 378 g/mol. The number of aromatic nitrogens is 2. The van der Waals surface area contributed by atoms with Gasteiger partial charge >= 0.3 is 0 Å². The highest BCUT2D eigenvalue weighted by molar-refractivity contribution is 7.15. The van der Waals surface area contributed by atoms with Gasteiger partial charge in [0.2, 0.25) is 0 Å². The van der Waals surface area contributed by atoms with E-state index in [0.29, 0.717) is 5.39 Å². The van der Waals surface area contributed by atoms with Crippen LogP contribution in [0.25, 0.3) is 21.3 Å². The maximum atomic E-state index is 12.1. The molecule has 0 radical (unpaired) electrons. The predicted molar refractivity (Wildman–Crippen MR) is 108 cm³/mol. The van der Waals surface area contributed by atoms with Crippen LogP contribution in [0.2, 0.25) is 0 Å². The van der Waals surface area contributed by atoms with Crippen molar-refractivity contribution in [1.82, 2.24) is 15.3 Å². The maximum absolute atomic E-state index is 12.1. The number of thiophene rings is 1. The topological polar surface area (TPSA) is 104 Å². The molecule has 2 aliphatic heterocycles. The van der Waals surface area contributed by atoms with Crippen molar-refractivity contribution in [2.24, 2.45) is 0 Å². The molecule has 0 amide bonds. The number of piperidine rings is 1. The van der Waals surface area contributed by atoms with E-state index in [9.17, 15) is 4.79 Å². The van der Waals surface area contributed by atoms with E-state index < -0.39 is 0 Å². The molecule has 4 heterocycles. The van der Waals surface area contributed by atoms with E-state index in [1.807, 2.05) is 23.5 Å². The van der Waals surface area contributed by atoms with Crippen molar-refractivity contribution >= 4 is 28.7 Å². The van der Waals surface area contributed by atoms with Crippen molar-refractivity contribution in [1.29, 1.82) is 0 Å². The van der Waals surface area contributed by atoms with E-state index >= 15 is 0 Å². The monoisotopic (exact) mass is 399 g/mol. The van der Waals surface area contributed by atoms with Gasteiger partial charge in [-0.15, -0.1) is 11.3 Å². The summed E-state index contributed by atoms with van der Waals surface area (Å²) in [7, 11) is 0. The Balaban J connectivity index is 0.000000604. The quantitative estimate of drug-likeness (QED) is 0.543. The minimum Gasteiger partial charge on any atom is -0.483 e. The second-order valence-electron chi connectivity index (χ2n) is 6.88. The largest absolute Gasteiger partial charge is 0.483 e. The van der Waals surface area contributed by atoms with Crippen molar-refractivity contribution in [3.8, 4) is 10.4 Å². The minimum atomic E-state index is -0.250. The van der Waals surface area contributed by atoms with Crippen molar-refractivity contribution in [2.45, 2.75) is 24.9 Å². The van der Waals surface area contributed by atoms with Crippen LogP contribution in [0.15, 0.2) is 35.4 Å². The summed E-state index contributed by atoms with van der Waals surface area (Å²) < 4.78 is 6.28. The van der Waals surface area contributed by atoms with Crippen molar-refractivity contribution in [3.05, 3.63) is 51.4 Å². The Labute approximate surface area is 165 Å². The number of carbonyl (C=O) groups is 1. The molecule has 0 aliphatic carbocycles. The van der Waals surface area contributed by atoms with Crippen molar-refractivity contribution in [3.63, 3.8) is 0 Å². The number of aromatic amines is 1. The summed E-state index contributed by atoms with van der Waals surface area (Å²) in [4.78, 5) is 29.9. The average Bonchev–Trinajstić information content (AvgIpc) is 3.16. The molecular formula is C20H21N3O4S. The Bertz CT molecular complexity index is 1050. The fourth-order valence-electron chi connectivity index (χ4n) is 3.99. The Morgan fingerprint density at radius 2 is 2.04 bits per heavy atom. The summed E-state index contributed by atoms with van der Waals surface area (Å²) in [5, 5.41) is 11.0. The molecule has 1 spiro atoms. The molecule has 7 nitrogen and oxygen atoms in total. The summed E-state index contributed by atoms with van der Waals surface area (Å²) in [6.07, 6.45) is 4.48. The number of benzene rings is 1. The first-order chi connectivity index (χ1) is 13.7. The van der Waals surface area contributed by atoms with Gasteiger partial charge < -0.3 is 20.1 Å². The van der Waals surface area contributed by atoms with Crippen LogP contribution in [0.5, 0.6) is 0 Å². The number of hydrogen-bond donors (Lipinski definition) is 3. The minimum absolute atomic E-state index is 0.0914. The number of hydrogen-bond acceptors (Lipinski definition) is 6. The van der Waals surface area contributed by atoms with Gasteiger partial charge in [0, 0.05) is 9.75 Å². The number of nitrogens with zero attached hydrogens (tertiary/aromatic N) is 1. The van der Waals surface area contributed by atoms with Gasteiger partial charge in [-0.05, 0) is 61.7 Å². The molecule has 8 heteroatoms. The number of carboxylic acid groups (broad SMARTS) is 1. The van der Waals surface area contributed by atoms with E-state index in [0.717, 1.165) is 50.0 Å². The first-order valence-corrected chi connectivity index (χ1v) is 10.0. The molecule has 1 saturated heterocycles. The standard InChI is InChI=1S/C19H19N3O2S.CH2O2/c23-18-14-9-12(1-2-15(14)21-11-22-18)16-10-13-3-8-24-19(17(13)25-16)4-6-20-7-5-19;2-1-3/h1-2,9-11,20H,3-8H2,(H,21,22,23);1H,(H,2,3). The molecule has 5 rings (SSSR count). The SMILES string of the molecule is O=CO.O=c1[nH]cnc2ccc(-c3cc4c(s3)C3(CCNCC3)OCC4)cc12. The Kier molecular flexibility index (Phi) is 5.25. The third-order valence-electron chi connectivity index (χ3n) is 5.31. The van der Waals surface area contributed by atoms with Crippen LogP contribution >= 0.6 is 11.3 Å². The lowest BCUT2D eigenvalue weighted by Crippen LogP contribution is -2.43. The molecule has 3 aromatic rings. The molecule has 0 unspecified atom stereocenters. The molecule has 146 valence electrons. The highest BCUT2D eigenvalue weighted by Gasteiger charge is 2.40. The van der Waals surface area contributed by atoms with Gasteiger partial charge in [-0.1, -0.05) is 6.07 Å². The van der Waals surface area contributed by atoms with Gasteiger partial charge in [-0.2, -0.15) is 0 Å². The predicted octanol–water partition coefficient (Wildman–Crippen LogP) is 2.50. The summed E-state index contributed by atoms with van der Waals surface area (Å²) in [5.74, 6) is 0. The van der Waals surface area contributed by atoms with Gasteiger partial charge in [0.15, 0.2) is 0 Å². The molecule has 1 fully saturated rings. The van der Waals surface area contributed by atoms with Crippen LogP contribution in [0, 0.1) is 0 Å². The Morgan fingerprint density at radius 3 is 2.82 bits per heavy atom. The second-order valence-corrected chi connectivity index (χ2v) is 7.93. The summed E-state index contributed by atoms with van der Waals surface area (Å²) >= 11 is 1.82. The van der Waals surface area contributed by atoms with Crippen LogP contribution in [0.1, 0.15) is 23.3 Å². The average molecular weight is 399 g/mol. The van der Waals surface area contributed by atoms with E-state index in [-0.39, 0.29) is 17.6 Å². The van der Waals surface area contributed by atoms with Gasteiger partial charge in [0.05, 0.1) is 23.8 Å². The van der Waals surface area contributed by atoms with Crippen molar-refractivity contribution in [2.75, 3.05) is 19.7 Å². The van der Waals surface area contributed by atoms with Crippen LogP contribution in [0.4, 0.5) is 0 Å². The van der Waals surface area contributed by atoms with Crippen LogP contribution in [-0.4, -0.2) is 41.2 Å². The van der Waals surface area contributed by atoms with E-state index in [1.165, 1.54) is 21.6 Å². The van der Waals surface area contributed by atoms with Gasteiger partial charge in [-0.25, -0.2) is 4.98 Å². The first-order valence-electron chi connectivity index (χ1n) is 9.20. The van der Waals surface area contributed by atoms with Gasteiger partial charge in [0.25, 0.3) is 12.0 Å². The second kappa shape index (κ2) is 7.83. The molecule has 2 aliphatic rings. The Morgan fingerprint density at radius 1 is 1.25 bits per heavy atom. The van der Waals surface area contributed by atoms with E-state index in [2.05, 4.69) is 27.4 Å².